The number of rotatable bonds is 8. The minimum Gasteiger partial charge on any atom is -0.452 e. The van der Waals surface area contributed by atoms with Crippen molar-refractivity contribution in [3.05, 3.63) is 82.2 Å². The Balaban J connectivity index is 1.57. The first-order valence-corrected chi connectivity index (χ1v) is 10.4. The van der Waals surface area contributed by atoms with Crippen LogP contribution in [0.4, 0.5) is 5.69 Å². The van der Waals surface area contributed by atoms with Crippen molar-refractivity contribution in [2.75, 3.05) is 19.9 Å². The van der Waals surface area contributed by atoms with Gasteiger partial charge in [0.2, 0.25) is 0 Å². The molecule has 10 heteroatoms. The normalized spacial score (nSPS) is 10.5. The van der Waals surface area contributed by atoms with E-state index in [9.17, 15) is 19.7 Å². The molecule has 0 atom stereocenters. The zero-order valence-electron chi connectivity index (χ0n) is 16.9. The van der Waals surface area contributed by atoms with Crippen molar-refractivity contribution in [2.45, 2.75) is 11.4 Å². The van der Waals surface area contributed by atoms with Crippen LogP contribution in [-0.4, -0.2) is 51.4 Å². The summed E-state index contributed by atoms with van der Waals surface area (Å²) in [5.74, 6) is -1.20. The molecule has 9 nitrogen and oxygen atoms in total. The molecule has 1 amide bonds. The highest BCUT2D eigenvalue weighted by molar-refractivity contribution is 7.98. The summed E-state index contributed by atoms with van der Waals surface area (Å²) in [4.78, 5) is 37.0. The van der Waals surface area contributed by atoms with Gasteiger partial charge in [0, 0.05) is 31.4 Å². The maximum atomic E-state index is 12.3. The van der Waals surface area contributed by atoms with Gasteiger partial charge in [-0.15, -0.1) is 11.8 Å². The van der Waals surface area contributed by atoms with Gasteiger partial charge in [0.15, 0.2) is 6.61 Å². The van der Waals surface area contributed by atoms with Gasteiger partial charge in [-0.2, -0.15) is 5.10 Å². The third kappa shape index (κ3) is 5.48. The smallest absolute Gasteiger partial charge is 0.338 e. The van der Waals surface area contributed by atoms with Crippen LogP contribution < -0.4 is 0 Å². The predicted octanol–water partition coefficient (Wildman–Crippen LogP) is 3.32. The maximum absolute atomic E-state index is 12.3. The minimum atomic E-state index is -0.797. The van der Waals surface area contributed by atoms with E-state index in [0.717, 1.165) is 17.3 Å². The van der Waals surface area contributed by atoms with Gasteiger partial charge in [0.05, 0.1) is 27.3 Å². The number of nitro groups is 1. The Labute approximate surface area is 182 Å². The number of aromatic nitrogens is 2. The van der Waals surface area contributed by atoms with Gasteiger partial charge in [-0.25, -0.2) is 9.48 Å². The number of nitro benzene ring substituents is 1. The number of esters is 1. The van der Waals surface area contributed by atoms with Gasteiger partial charge < -0.3 is 9.64 Å². The largest absolute Gasteiger partial charge is 0.452 e. The van der Waals surface area contributed by atoms with E-state index >= 15 is 0 Å². The van der Waals surface area contributed by atoms with E-state index in [-0.39, 0.29) is 17.8 Å². The molecule has 0 spiro atoms. The van der Waals surface area contributed by atoms with Crippen LogP contribution in [0.3, 0.4) is 0 Å². The molecular weight excluding hydrogens is 420 g/mol. The lowest BCUT2D eigenvalue weighted by molar-refractivity contribution is -0.387. The molecule has 0 aliphatic rings. The Kier molecular flexibility index (Phi) is 7.03. The van der Waals surface area contributed by atoms with E-state index in [2.05, 4.69) is 5.10 Å². The fourth-order valence-electron chi connectivity index (χ4n) is 2.81. The fourth-order valence-corrected chi connectivity index (χ4v) is 3.35. The van der Waals surface area contributed by atoms with E-state index in [4.69, 9.17) is 4.74 Å². The number of amides is 1. The van der Waals surface area contributed by atoms with Crippen LogP contribution in [-0.2, 0) is 16.1 Å². The predicted molar refractivity (Wildman–Crippen MR) is 115 cm³/mol. The van der Waals surface area contributed by atoms with Gasteiger partial charge in [0.1, 0.15) is 0 Å². The van der Waals surface area contributed by atoms with Crippen LogP contribution in [0.1, 0.15) is 15.9 Å². The van der Waals surface area contributed by atoms with Crippen LogP contribution in [0.5, 0.6) is 0 Å². The molecule has 0 fully saturated rings. The summed E-state index contributed by atoms with van der Waals surface area (Å²) in [6.07, 6.45) is 5.19. The Morgan fingerprint density at radius 2 is 1.97 bits per heavy atom. The second-order valence-corrected chi connectivity index (χ2v) is 7.45. The van der Waals surface area contributed by atoms with Crippen molar-refractivity contribution in [3.63, 3.8) is 0 Å². The van der Waals surface area contributed by atoms with Crippen LogP contribution in [0.25, 0.3) is 5.69 Å². The molecule has 3 rings (SSSR count). The average Bonchev–Trinajstić information content (AvgIpc) is 3.25. The molecule has 0 saturated carbocycles. The van der Waals surface area contributed by atoms with Crippen LogP contribution >= 0.6 is 11.8 Å². The molecule has 2 aromatic carbocycles. The quantitative estimate of drug-likeness (QED) is 0.229. The number of carbonyl (C=O) groups excluding carboxylic acids is 2. The molecule has 0 radical (unpaired) electrons. The highest BCUT2D eigenvalue weighted by Gasteiger charge is 2.19. The number of hydrogen-bond donors (Lipinski definition) is 0. The highest BCUT2D eigenvalue weighted by atomic mass is 32.2. The summed E-state index contributed by atoms with van der Waals surface area (Å²) < 4.78 is 6.76. The number of benzene rings is 2. The van der Waals surface area contributed by atoms with Crippen molar-refractivity contribution in [3.8, 4) is 5.69 Å². The molecule has 3 aromatic rings. The number of hydrogen-bond acceptors (Lipinski definition) is 7. The van der Waals surface area contributed by atoms with E-state index < -0.39 is 23.4 Å². The average molecular weight is 440 g/mol. The Morgan fingerprint density at radius 3 is 2.65 bits per heavy atom. The van der Waals surface area contributed by atoms with Crippen molar-refractivity contribution in [1.29, 1.82) is 0 Å². The third-order valence-corrected chi connectivity index (χ3v) is 5.23. The SMILES string of the molecule is CSc1ccc(C(=O)OCC(=O)N(C)Cc2cnn(-c3ccccc3)c2)cc1[N+](=O)[O-]. The van der Waals surface area contributed by atoms with Crippen molar-refractivity contribution >= 4 is 29.3 Å². The van der Waals surface area contributed by atoms with Crippen molar-refractivity contribution < 1.29 is 19.2 Å². The third-order valence-electron chi connectivity index (χ3n) is 4.44. The van der Waals surface area contributed by atoms with Gasteiger partial charge >= 0.3 is 5.97 Å². The second-order valence-electron chi connectivity index (χ2n) is 6.60. The lowest BCUT2D eigenvalue weighted by Crippen LogP contribution is -2.30. The lowest BCUT2D eigenvalue weighted by Gasteiger charge is -2.16. The van der Waals surface area contributed by atoms with Gasteiger partial charge in [-0.05, 0) is 30.5 Å². The number of nitrogens with zero attached hydrogens (tertiary/aromatic N) is 4. The summed E-state index contributed by atoms with van der Waals surface area (Å²) in [5.41, 5.74) is 1.55. The standard InChI is InChI=1S/C21H20N4O5S/c1-23(12-15-11-22-24(13-15)17-6-4-3-5-7-17)20(26)14-30-21(27)16-8-9-19(31-2)18(10-16)25(28)29/h3-11,13H,12,14H2,1-2H3. The van der Waals surface area contributed by atoms with Gasteiger partial charge in [0.25, 0.3) is 11.6 Å². The van der Waals surface area contributed by atoms with Gasteiger partial charge in [-0.3, -0.25) is 14.9 Å². The second kappa shape index (κ2) is 9.90. The van der Waals surface area contributed by atoms with Crippen molar-refractivity contribution in [1.82, 2.24) is 14.7 Å². The Morgan fingerprint density at radius 1 is 1.23 bits per heavy atom. The highest BCUT2D eigenvalue weighted by Crippen LogP contribution is 2.28. The van der Waals surface area contributed by atoms with Gasteiger partial charge in [-0.1, -0.05) is 18.2 Å². The number of thioether (sulfide) groups is 1. The number of carbonyl (C=O) groups is 2. The molecule has 0 bridgehead atoms. The summed E-state index contributed by atoms with van der Waals surface area (Å²) in [5, 5.41) is 15.4. The fraction of sp³-hybridized carbons (Fsp3) is 0.190. The Hall–Kier alpha value is -3.66. The van der Waals surface area contributed by atoms with E-state index in [1.54, 1.807) is 24.2 Å². The molecule has 31 heavy (non-hydrogen) atoms. The first kappa shape index (κ1) is 22.0. The molecule has 0 saturated heterocycles. The Bertz CT molecular complexity index is 1100. The number of para-hydroxylation sites is 1. The molecule has 1 aromatic heterocycles. The molecule has 0 aliphatic heterocycles. The van der Waals surface area contributed by atoms with E-state index in [1.807, 2.05) is 36.5 Å². The molecular formula is C21H20N4O5S. The molecule has 1 heterocycles. The first-order chi connectivity index (χ1) is 14.9. The number of ether oxygens (including phenoxy) is 1. The zero-order valence-corrected chi connectivity index (χ0v) is 17.7. The van der Waals surface area contributed by atoms with Crippen LogP contribution in [0.15, 0.2) is 65.8 Å². The maximum Gasteiger partial charge on any atom is 0.338 e. The summed E-state index contributed by atoms with van der Waals surface area (Å²) in [7, 11) is 1.59. The van der Waals surface area contributed by atoms with E-state index in [1.165, 1.54) is 28.8 Å². The number of likely N-dealkylation sites (N-methyl/N-ethyl adjacent to an activating group) is 1. The summed E-state index contributed by atoms with van der Waals surface area (Å²) in [6, 6.07) is 13.6. The molecule has 0 N–H and O–H groups in total. The zero-order chi connectivity index (χ0) is 22.4. The summed E-state index contributed by atoms with van der Waals surface area (Å²) >= 11 is 1.21. The lowest BCUT2D eigenvalue weighted by atomic mass is 10.2. The monoisotopic (exact) mass is 440 g/mol. The molecule has 0 unspecified atom stereocenters. The molecule has 160 valence electrons. The van der Waals surface area contributed by atoms with E-state index in [0.29, 0.717) is 4.90 Å². The topological polar surface area (TPSA) is 108 Å². The first-order valence-electron chi connectivity index (χ1n) is 9.21. The van der Waals surface area contributed by atoms with Crippen molar-refractivity contribution in [2.24, 2.45) is 0 Å². The molecule has 0 aliphatic carbocycles. The van der Waals surface area contributed by atoms with Crippen LogP contribution in [0.2, 0.25) is 0 Å². The minimum absolute atomic E-state index is 0.0177. The van der Waals surface area contributed by atoms with Crippen LogP contribution in [0, 0.1) is 10.1 Å². The summed E-state index contributed by atoms with van der Waals surface area (Å²) in [6.45, 7) is -0.183.